The summed E-state index contributed by atoms with van der Waals surface area (Å²) in [5.74, 6) is 0.508. The molecule has 2 heterocycles. The molecule has 0 aliphatic rings. The van der Waals surface area contributed by atoms with Crippen LogP contribution in [0, 0.1) is 5.41 Å². The molecule has 0 radical (unpaired) electrons. The monoisotopic (exact) mass is 320 g/mol. The van der Waals surface area contributed by atoms with Crippen molar-refractivity contribution >= 4 is 5.91 Å². The SMILES string of the molecule is Cn1cc(C(NC(=O)COCc2nncn2C)C(C)(C)C)cn1. The van der Waals surface area contributed by atoms with E-state index in [1.54, 1.807) is 21.8 Å². The molecule has 0 aliphatic heterocycles. The number of carbonyl (C=O) groups is 1. The summed E-state index contributed by atoms with van der Waals surface area (Å²) in [7, 11) is 3.69. The highest BCUT2D eigenvalue weighted by Gasteiger charge is 2.28. The maximum Gasteiger partial charge on any atom is 0.246 e. The Balaban J connectivity index is 1.92. The van der Waals surface area contributed by atoms with Gasteiger partial charge in [-0.3, -0.25) is 9.48 Å². The highest BCUT2D eigenvalue weighted by Crippen LogP contribution is 2.32. The number of ether oxygens (including phenoxy) is 1. The molecule has 1 unspecified atom stereocenters. The third kappa shape index (κ3) is 4.62. The van der Waals surface area contributed by atoms with Crippen molar-refractivity contribution in [2.75, 3.05) is 6.61 Å². The Labute approximate surface area is 135 Å². The normalized spacial score (nSPS) is 13.1. The molecule has 0 saturated heterocycles. The number of aryl methyl sites for hydroxylation is 2. The van der Waals surface area contributed by atoms with Gasteiger partial charge in [-0.1, -0.05) is 20.8 Å². The fraction of sp³-hybridized carbons (Fsp3) is 0.600. The van der Waals surface area contributed by atoms with Crippen LogP contribution >= 0.6 is 0 Å². The molecule has 126 valence electrons. The van der Waals surface area contributed by atoms with E-state index in [-0.39, 0.29) is 30.6 Å². The molecular formula is C15H24N6O2. The van der Waals surface area contributed by atoms with Crippen LogP contribution < -0.4 is 5.32 Å². The smallest absolute Gasteiger partial charge is 0.246 e. The standard InChI is InChI=1S/C15H24N6O2/c1-15(2,3)14(11-6-17-21(5)7-11)18-13(22)9-23-8-12-19-16-10-20(12)4/h6-7,10,14H,8-9H2,1-5H3,(H,18,22). The molecule has 1 amide bonds. The molecule has 2 aromatic heterocycles. The van der Waals surface area contributed by atoms with E-state index in [4.69, 9.17) is 4.74 Å². The molecule has 0 spiro atoms. The Morgan fingerprint density at radius 3 is 2.65 bits per heavy atom. The van der Waals surface area contributed by atoms with Crippen molar-refractivity contribution in [2.24, 2.45) is 19.5 Å². The summed E-state index contributed by atoms with van der Waals surface area (Å²) in [5, 5.41) is 14.9. The van der Waals surface area contributed by atoms with Crippen molar-refractivity contribution in [3.05, 3.63) is 30.1 Å². The van der Waals surface area contributed by atoms with Gasteiger partial charge in [0.2, 0.25) is 5.91 Å². The molecule has 0 aromatic carbocycles. The van der Waals surface area contributed by atoms with Gasteiger partial charge in [0.15, 0.2) is 5.82 Å². The highest BCUT2D eigenvalue weighted by atomic mass is 16.5. The van der Waals surface area contributed by atoms with Crippen LogP contribution in [0.25, 0.3) is 0 Å². The van der Waals surface area contributed by atoms with Gasteiger partial charge in [-0.25, -0.2) is 0 Å². The van der Waals surface area contributed by atoms with Crippen molar-refractivity contribution in [3.63, 3.8) is 0 Å². The van der Waals surface area contributed by atoms with Crippen molar-refractivity contribution < 1.29 is 9.53 Å². The Bertz CT molecular complexity index is 655. The number of carbonyl (C=O) groups excluding carboxylic acids is 1. The summed E-state index contributed by atoms with van der Waals surface area (Å²) < 4.78 is 8.90. The molecule has 8 nitrogen and oxygen atoms in total. The largest absolute Gasteiger partial charge is 0.364 e. The van der Waals surface area contributed by atoms with Crippen LogP contribution in [0.2, 0.25) is 0 Å². The zero-order chi connectivity index (χ0) is 17.0. The Kier molecular flexibility index (Phi) is 5.15. The average Bonchev–Trinajstić information content (AvgIpc) is 3.04. The summed E-state index contributed by atoms with van der Waals surface area (Å²) in [6, 6.07) is -0.137. The predicted molar refractivity (Wildman–Crippen MR) is 84.2 cm³/mol. The van der Waals surface area contributed by atoms with E-state index in [0.29, 0.717) is 5.82 Å². The van der Waals surface area contributed by atoms with E-state index in [1.165, 1.54) is 0 Å². The second-order valence-corrected chi connectivity index (χ2v) is 6.66. The zero-order valence-electron chi connectivity index (χ0n) is 14.3. The lowest BCUT2D eigenvalue weighted by atomic mass is 9.83. The summed E-state index contributed by atoms with van der Waals surface area (Å²) in [6.07, 6.45) is 5.28. The van der Waals surface area contributed by atoms with Gasteiger partial charge >= 0.3 is 0 Å². The Morgan fingerprint density at radius 2 is 2.13 bits per heavy atom. The second-order valence-electron chi connectivity index (χ2n) is 6.66. The number of rotatable bonds is 6. The number of nitrogens with one attached hydrogen (secondary N) is 1. The molecule has 8 heteroatoms. The quantitative estimate of drug-likeness (QED) is 0.857. The molecular weight excluding hydrogens is 296 g/mol. The number of nitrogens with zero attached hydrogens (tertiary/aromatic N) is 5. The summed E-state index contributed by atoms with van der Waals surface area (Å²) in [4.78, 5) is 12.2. The van der Waals surface area contributed by atoms with E-state index in [1.807, 2.05) is 20.3 Å². The number of amides is 1. The van der Waals surface area contributed by atoms with Crippen LogP contribution in [0.1, 0.15) is 38.2 Å². The van der Waals surface area contributed by atoms with Crippen molar-refractivity contribution in [2.45, 2.75) is 33.4 Å². The van der Waals surface area contributed by atoms with E-state index in [0.717, 1.165) is 5.56 Å². The summed E-state index contributed by atoms with van der Waals surface area (Å²) >= 11 is 0. The molecule has 2 rings (SSSR count). The molecule has 1 N–H and O–H groups in total. The van der Waals surface area contributed by atoms with Crippen LogP contribution in [0.15, 0.2) is 18.7 Å². The third-order valence-electron chi connectivity index (χ3n) is 3.50. The van der Waals surface area contributed by atoms with Gasteiger partial charge in [-0.15, -0.1) is 10.2 Å². The van der Waals surface area contributed by atoms with Gasteiger partial charge in [-0.2, -0.15) is 5.10 Å². The van der Waals surface area contributed by atoms with Crippen LogP contribution in [0.3, 0.4) is 0 Å². The predicted octanol–water partition coefficient (Wildman–Crippen LogP) is 0.969. The summed E-state index contributed by atoms with van der Waals surface area (Å²) in [6.45, 7) is 6.44. The van der Waals surface area contributed by atoms with Gasteiger partial charge in [0, 0.05) is 25.9 Å². The van der Waals surface area contributed by atoms with Crippen molar-refractivity contribution in [3.8, 4) is 0 Å². The molecule has 0 aliphatic carbocycles. The highest BCUT2D eigenvalue weighted by molar-refractivity contribution is 5.77. The van der Waals surface area contributed by atoms with Crippen LogP contribution in [-0.4, -0.2) is 37.1 Å². The second kappa shape index (κ2) is 6.91. The van der Waals surface area contributed by atoms with Crippen LogP contribution in [0.4, 0.5) is 0 Å². The van der Waals surface area contributed by atoms with Gasteiger partial charge in [0.1, 0.15) is 19.5 Å². The van der Waals surface area contributed by atoms with Crippen LogP contribution in [0.5, 0.6) is 0 Å². The number of aromatic nitrogens is 5. The molecule has 2 aromatic rings. The first-order valence-electron chi connectivity index (χ1n) is 7.46. The van der Waals surface area contributed by atoms with E-state index in [9.17, 15) is 4.79 Å². The molecule has 0 saturated carbocycles. The minimum absolute atomic E-state index is 0.0281. The van der Waals surface area contributed by atoms with E-state index < -0.39 is 0 Å². The zero-order valence-corrected chi connectivity index (χ0v) is 14.3. The topological polar surface area (TPSA) is 86.9 Å². The lowest BCUT2D eigenvalue weighted by molar-refractivity contribution is -0.127. The minimum atomic E-state index is -0.170. The van der Waals surface area contributed by atoms with Gasteiger partial charge < -0.3 is 14.6 Å². The first-order valence-corrected chi connectivity index (χ1v) is 7.46. The Morgan fingerprint density at radius 1 is 1.39 bits per heavy atom. The Hall–Kier alpha value is -2.22. The lowest BCUT2D eigenvalue weighted by Gasteiger charge is -2.30. The van der Waals surface area contributed by atoms with E-state index >= 15 is 0 Å². The third-order valence-corrected chi connectivity index (χ3v) is 3.50. The fourth-order valence-corrected chi connectivity index (χ4v) is 2.26. The van der Waals surface area contributed by atoms with Gasteiger partial charge in [0.05, 0.1) is 12.2 Å². The molecule has 23 heavy (non-hydrogen) atoms. The molecule has 0 bridgehead atoms. The number of hydrogen-bond acceptors (Lipinski definition) is 5. The maximum atomic E-state index is 12.2. The van der Waals surface area contributed by atoms with E-state index in [2.05, 4.69) is 41.4 Å². The average molecular weight is 320 g/mol. The first-order chi connectivity index (χ1) is 10.8. The van der Waals surface area contributed by atoms with Gasteiger partial charge in [0.25, 0.3) is 0 Å². The lowest BCUT2D eigenvalue weighted by Crippen LogP contribution is -2.38. The first kappa shape index (κ1) is 17.1. The van der Waals surface area contributed by atoms with Crippen LogP contribution in [-0.2, 0) is 30.2 Å². The fourth-order valence-electron chi connectivity index (χ4n) is 2.26. The number of hydrogen-bond donors (Lipinski definition) is 1. The van der Waals surface area contributed by atoms with Crippen molar-refractivity contribution in [1.82, 2.24) is 29.9 Å². The van der Waals surface area contributed by atoms with Crippen molar-refractivity contribution in [1.29, 1.82) is 0 Å². The maximum absolute atomic E-state index is 12.2. The molecule has 1 atom stereocenters. The molecule has 0 fully saturated rings. The summed E-state index contributed by atoms with van der Waals surface area (Å²) in [5.41, 5.74) is 0.837. The van der Waals surface area contributed by atoms with Gasteiger partial charge in [-0.05, 0) is 5.41 Å². The minimum Gasteiger partial charge on any atom is -0.364 e.